The van der Waals surface area contributed by atoms with E-state index >= 15 is 0 Å². The molecule has 0 aliphatic heterocycles. The van der Waals surface area contributed by atoms with Crippen molar-refractivity contribution in [3.8, 4) is 0 Å². The predicted molar refractivity (Wildman–Crippen MR) is 74.3 cm³/mol. The zero-order valence-corrected chi connectivity index (χ0v) is 11.5. The van der Waals surface area contributed by atoms with Crippen molar-refractivity contribution in [1.82, 2.24) is 15.5 Å². The summed E-state index contributed by atoms with van der Waals surface area (Å²) in [5.41, 5.74) is 3.33. The largest absolute Gasteiger partial charge is 0.324 e. The third-order valence-corrected chi connectivity index (χ3v) is 3.81. The molecule has 2 aromatic rings. The summed E-state index contributed by atoms with van der Waals surface area (Å²) >= 11 is 1.17. The van der Waals surface area contributed by atoms with Gasteiger partial charge in [-0.25, -0.2) is 0 Å². The summed E-state index contributed by atoms with van der Waals surface area (Å²) in [7, 11) is 0. The molecule has 2 heterocycles. The Labute approximate surface area is 115 Å². The molecular formula is C12H16N4O2S. The molecule has 0 bridgehead atoms. The van der Waals surface area contributed by atoms with Crippen LogP contribution in [0.2, 0.25) is 0 Å². The van der Waals surface area contributed by atoms with E-state index in [9.17, 15) is 10.1 Å². The van der Waals surface area contributed by atoms with Gasteiger partial charge in [0.1, 0.15) is 0 Å². The van der Waals surface area contributed by atoms with Gasteiger partial charge >= 0.3 is 5.00 Å². The van der Waals surface area contributed by atoms with E-state index in [2.05, 4.69) is 15.5 Å². The quantitative estimate of drug-likeness (QED) is 0.463. The number of nitro groups is 1. The maximum absolute atomic E-state index is 10.5. The highest BCUT2D eigenvalue weighted by Crippen LogP contribution is 2.22. The van der Waals surface area contributed by atoms with Gasteiger partial charge in [0.05, 0.1) is 11.1 Å². The lowest BCUT2D eigenvalue weighted by Gasteiger charge is -2.02. The van der Waals surface area contributed by atoms with Crippen LogP contribution in [0.3, 0.4) is 0 Å². The SMILES string of the molecule is Cc1[nH]ncc1CCCNCc1csc([N+](=O)[O-])c1. The molecule has 2 aromatic heterocycles. The minimum atomic E-state index is -0.351. The number of nitrogens with one attached hydrogen (secondary N) is 2. The highest BCUT2D eigenvalue weighted by Gasteiger charge is 2.08. The van der Waals surface area contributed by atoms with Crippen LogP contribution in [0, 0.1) is 17.0 Å². The van der Waals surface area contributed by atoms with Gasteiger partial charge in [-0.05, 0) is 37.4 Å². The predicted octanol–water partition coefficient (Wildman–Crippen LogP) is 2.41. The zero-order chi connectivity index (χ0) is 13.7. The molecule has 0 amide bonds. The Balaban J connectivity index is 1.66. The average molecular weight is 280 g/mol. The Morgan fingerprint density at radius 2 is 2.42 bits per heavy atom. The van der Waals surface area contributed by atoms with Gasteiger partial charge in [0, 0.05) is 23.7 Å². The lowest BCUT2D eigenvalue weighted by molar-refractivity contribution is -0.380. The first kappa shape index (κ1) is 13.7. The molecule has 0 unspecified atom stereocenters. The van der Waals surface area contributed by atoms with Gasteiger partial charge in [-0.3, -0.25) is 15.2 Å². The first-order chi connectivity index (χ1) is 9.16. The molecule has 7 heteroatoms. The Morgan fingerprint density at radius 3 is 3.05 bits per heavy atom. The van der Waals surface area contributed by atoms with Gasteiger partial charge in [0.15, 0.2) is 0 Å². The van der Waals surface area contributed by atoms with Crippen LogP contribution < -0.4 is 5.32 Å². The van der Waals surface area contributed by atoms with E-state index in [1.54, 1.807) is 6.07 Å². The molecule has 0 aliphatic rings. The van der Waals surface area contributed by atoms with Crippen molar-refractivity contribution >= 4 is 16.3 Å². The van der Waals surface area contributed by atoms with Crippen LogP contribution in [-0.2, 0) is 13.0 Å². The van der Waals surface area contributed by atoms with Crippen LogP contribution in [0.4, 0.5) is 5.00 Å². The average Bonchev–Trinajstić information content (AvgIpc) is 2.99. The van der Waals surface area contributed by atoms with Gasteiger partial charge < -0.3 is 5.32 Å². The second kappa shape index (κ2) is 6.44. The first-order valence-electron chi connectivity index (χ1n) is 6.08. The van der Waals surface area contributed by atoms with Crippen molar-refractivity contribution in [2.45, 2.75) is 26.3 Å². The van der Waals surface area contributed by atoms with Crippen molar-refractivity contribution in [1.29, 1.82) is 0 Å². The summed E-state index contributed by atoms with van der Waals surface area (Å²) in [5, 5.41) is 22.7. The highest BCUT2D eigenvalue weighted by molar-refractivity contribution is 7.13. The number of hydrogen-bond donors (Lipinski definition) is 2. The second-order valence-electron chi connectivity index (χ2n) is 4.35. The van der Waals surface area contributed by atoms with E-state index in [-0.39, 0.29) is 9.92 Å². The third kappa shape index (κ3) is 3.87. The zero-order valence-electron chi connectivity index (χ0n) is 10.7. The Kier molecular flexibility index (Phi) is 4.64. The Morgan fingerprint density at radius 1 is 1.58 bits per heavy atom. The number of thiophene rings is 1. The highest BCUT2D eigenvalue weighted by atomic mass is 32.1. The van der Waals surface area contributed by atoms with Crippen molar-refractivity contribution in [2.75, 3.05) is 6.54 Å². The van der Waals surface area contributed by atoms with Crippen molar-refractivity contribution in [2.24, 2.45) is 0 Å². The fourth-order valence-corrected chi connectivity index (χ4v) is 2.54. The van der Waals surface area contributed by atoms with Crippen LogP contribution in [0.25, 0.3) is 0 Å². The topological polar surface area (TPSA) is 83.8 Å². The maximum atomic E-state index is 10.5. The first-order valence-corrected chi connectivity index (χ1v) is 6.96. The summed E-state index contributed by atoms with van der Waals surface area (Å²) < 4.78 is 0. The summed E-state index contributed by atoms with van der Waals surface area (Å²) in [6, 6.07) is 1.62. The van der Waals surface area contributed by atoms with Crippen LogP contribution in [0.1, 0.15) is 23.2 Å². The minimum Gasteiger partial charge on any atom is -0.313 e. The van der Waals surface area contributed by atoms with Crippen molar-refractivity contribution in [3.05, 3.63) is 44.6 Å². The molecule has 0 saturated heterocycles. The molecule has 0 aromatic carbocycles. The minimum absolute atomic E-state index is 0.200. The molecular weight excluding hydrogens is 264 g/mol. The van der Waals surface area contributed by atoms with E-state index in [1.807, 2.05) is 18.5 Å². The molecule has 0 fully saturated rings. The van der Waals surface area contributed by atoms with Crippen LogP contribution in [0.15, 0.2) is 17.6 Å². The van der Waals surface area contributed by atoms with Crippen LogP contribution >= 0.6 is 11.3 Å². The lowest BCUT2D eigenvalue weighted by Crippen LogP contribution is -2.14. The van der Waals surface area contributed by atoms with E-state index in [0.717, 1.165) is 30.6 Å². The fourth-order valence-electron chi connectivity index (χ4n) is 1.82. The molecule has 0 radical (unpaired) electrons. The van der Waals surface area contributed by atoms with Gasteiger partial charge in [-0.1, -0.05) is 11.3 Å². The van der Waals surface area contributed by atoms with Gasteiger partial charge in [-0.15, -0.1) is 0 Å². The molecule has 0 atom stereocenters. The number of nitrogens with zero attached hydrogens (tertiary/aromatic N) is 2. The summed E-state index contributed by atoms with van der Waals surface area (Å²) in [4.78, 5) is 10.2. The van der Waals surface area contributed by atoms with E-state index in [1.165, 1.54) is 16.9 Å². The maximum Gasteiger partial charge on any atom is 0.324 e. The van der Waals surface area contributed by atoms with Gasteiger partial charge in [0.25, 0.3) is 0 Å². The fraction of sp³-hybridized carbons (Fsp3) is 0.417. The van der Waals surface area contributed by atoms with E-state index in [4.69, 9.17) is 0 Å². The van der Waals surface area contributed by atoms with E-state index in [0.29, 0.717) is 6.54 Å². The number of aryl methyl sites for hydroxylation is 2. The van der Waals surface area contributed by atoms with Crippen LogP contribution in [-0.4, -0.2) is 21.7 Å². The smallest absolute Gasteiger partial charge is 0.313 e. The molecule has 0 spiro atoms. The molecule has 6 nitrogen and oxygen atoms in total. The standard InChI is InChI=1S/C12H16N4O2S/c1-9-11(7-14-15-9)3-2-4-13-6-10-5-12(16(17)18)19-8-10/h5,7-8,13H,2-4,6H2,1H3,(H,14,15). The summed E-state index contributed by atoms with van der Waals surface area (Å²) in [5.74, 6) is 0. The summed E-state index contributed by atoms with van der Waals surface area (Å²) in [6.45, 7) is 3.57. The van der Waals surface area contributed by atoms with E-state index < -0.39 is 0 Å². The number of aromatic nitrogens is 2. The second-order valence-corrected chi connectivity index (χ2v) is 5.24. The van der Waals surface area contributed by atoms with Crippen molar-refractivity contribution < 1.29 is 4.92 Å². The van der Waals surface area contributed by atoms with Crippen molar-refractivity contribution in [3.63, 3.8) is 0 Å². The lowest BCUT2D eigenvalue weighted by atomic mass is 10.1. The van der Waals surface area contributed by atoms with Gasteiger partial charge in [0.2, 0.25) is 0 Å². The van der Waals surface area contributed by atoms with Crippen LogP contribution in [0.5, 0.6) is 0 Å². The number of aromatic amines is 1. The number of hydrogen-bond acceptors (Lipinski definition) is 5. The number of H-pyrrole nitrogens is 1. The normalized spacial score (nSPS) is 10.8. The molecule has 2 N–H and O–H groups in total. The molecule has 0 saturated carbocycles. The molecule has 2 rings (SSSR count). The monoisotopic (exact) mass is 280 g/mol. The van der Waals surface area contributed by atoms with Gasteiger partial charge in [-0.2, -0.15) is 5.10 Å². The third-order valence-electron chi connectivity index (χ3n) is 2.88. The molecule has 19 heavy (non-hydrogen) atoms. The Hall–Kier alpha value is -1.73. The molecule has 0 aliphatic carbocycles. The summed E-state index contributed by atoms with van der Waals surface area (Å²) in [6.07, 6.45) is 3.86. The Bertz CT molecular complexity index is 549. The molecule has 102 valence electrons. The number of rotatable bonds is 7.